The van der Waals surface area contributed by atoms with Crippen LogP contribution >= 0.6 is 23.2 Å². The second-order valence-corrected chi connectivity index (χ2v) is 4.58. The van der Waals surface area contributed by atoms with Gasteiger partial charge >= 0.3 is 11.7 Å². The van der Waals surface area contributed by atoms with Crippen molar-refractivity contribution in [2.75, 3.05) is 0 Å². The number of aromatic nitrogens is 1. The first-order valence-corrected chi connectivity index (χ1v) is 6.15. The van der Waals surface area contributed by atoms with E-state index < -0.39 is 22.5 Å². The lowest BCUT2D eigenvalue weighted by atomic mass is 10.3. The molecule has 0 atom stereocenters. The van der Waals surface area contributed by atoms with Crippen LogP contribution in [0.3, 0.4) is 0 Å². The summed E-state index contributed by atoms with van der Waals surface area (Å²) in [7, 11) is 0. The highest BCUT2D eigenvalue weighted by Gasteiger charge is 2.20. The van der Waals surface area contributed by atoms with Gasteiger partial charge in [0.05, 0.1) is 15.0 Å². The summed E-state index contributed by atoms with van der Waals surface area (Å²) >= 11 is 11.5. The highest BCUT2D eigenvalue weighted by Crippen LogP contribution is 2.32. The summed E-state index contributed by atoms with van der Waals surface area (Å²) in [6.45, 7) is 0. The minimum atomic E-state index is -1.33. The van der Waals surface area contributed by atoms with Crippen molar-refractivity contribution in [3.8, 4) is 11.6 Å². The smallest absolute Gasteiger partial charge is 0.354 e. The maximum absolute atomic E-state index is 10.9. The van der Waals surface area contributed by atoms with E-state index in [4.69, 9.17) is 33.0 Å². The van der Waals surface area contributed by atoms with E-state index in [9.17, 15) is 14.9 Å². The maximum Gasteiger partial charge on any atom is 0.354 e. The van der Waals surface area contributed by atoms with Crippen LogP contribution in [0.2, 0.25) is 10.0 Å². The molecule has 0 aliphatic heterocycles. The van der Waals surface area contributed by atoms with Gasteiger partial charge in [0, 0.05) is 12.1 Å². The fourth-order valence-corrected chi connectivity index (χ4v) is 1.71. The second kappa shape index (κ2) is 5.94. The molecule has 0 aliphatic rings. The Hall–Kier alpha value is -2.38. The third-order valence-electron chi connectivity index (χ3n) is 2.36. The van der Waals surface area contributed by atoms with Gasteiger partial charge in [-0.1, -0.05) is 23.2 Å². The lowest BCUT2D eigenvalue weighted by Gasteiger charge is -2.07. The van der Waals surface area contributed by atoms with Crippen LogP contribution in [0.25, 0.3) is 0 Å². The molecule has 0 radical (unpaired) electrons. The molecule has 1 aromatic carbocycles. The molecule has 2 aromatic rings. The average molecular weight is 329 g/mol. The molecular formula is C12H6Cl2N2O5. The Morgan fingerprint density at radius 1 is 1.24 bits per heavy atom. The Bertz CT molecular complexity index is 736. The topological polar surface area (TPSA) is 103 Å². The molecule has 2 rings (SSSR count). The number of rotatable bonds is 4. The summed E-state index contributed by atoms with van der Waals surface area (Å²) in [6.07, 6.45) is 0. The number of aromatic carboxylic acids is 1. The molecule has 0 fully saturated rings. The number of nitrogens with zero attached hydrogens (tertiary/aromatic N) is 2. The molecule has 0 aliphatic carbocycles. The van der Waals surface area contributed by atoms with E-state index in [-0.39, 0.29) is 21.5 Å². The zero-order valence-electron chi connectivity index (χ0n) is 10.1. The number of nitro groups is 1. The zero-order valence-corrected chi connectivity index (χ0v) is 11.6. The SMILES string of the molecule is O=C(O)c1ccc([N+](=O)[O-])c(Oc2ccc(Cl)c(Cl)c2)n1. The molecule has 21 heavy (non-hydrogen) atoms. The minimum absolute atomic E-state index is 0.141. The molecule has 0 saturated heterocycles. The van der Waals surface area contributed by atoms with Gasteiger partial charge in [0.15, 0.2) is 5.69 Å². The normalized spacial score (nSPS) is 10.2. The van der Waals surface area contributed by atoms with Crippen molar-refractivity contribution in [3.05, 3.63) is 56.2 Å². The quantitative estimate of drug-likeness (QED) is 0.676. The lowest BCUT2D eigenvalue weighted by molar-refractivity contribution is -0.386. The summed E-state index contributed by atoms with van der Waals surface area (Å²) in [5.41, 5.74) is -0.846. The van der Waals surface area contributed by atoms with Gasteiger partial charge in [0.25, 0.3) is 5.88 Å². The fraction of sp³-hybridized carbons (Fsp3) is 0. The zero-order chi connectivity index (χ0) is 15.6. The molecule has 9 heteroatoms. The molecule has 0 saturated carbocycles. The molecule has 1 aromatic heterocycles. The van der Waals surface area contributed by atoms with Gasteiger partial charge in [-0.2, -0.15) is 4.98 Å². The fourth-order valence-electron chi connectivity index (χ4n) is 1.42. The van der Waals surface area contributed by atoms with Gasteiger partial charge in [-0.3, -0.25) is 10.1 Å². The number of halogens is 2. The van der Waals surface area contributed by atoms with E-state index in [0.29, 0.717) is 0 Å². The van der Waals surface area contributed by atoms with Crippen LogP contribution in [0.5, 0.6) is 11.6 Å². The van der Waals surface area contributed by atoms with E-state index in [1.807, 2.05) is 0 Å². The van der Waals surface area contributed by atoms with E-state index in [0.717, 1.165) is 12.1 Å². The minimum Gasteiger partial charge on any atom is -0.477 e. The van der Waals surface area contributed by atoms with Crippen LogP contribution in [-0.4, -0.2) is 21.0 Å². The number of carbonyl (C=O) groups is 1. The summed E-state index contributed by atoms with van der Waals surface area (Å²) in [4.78, 5) is 24.6. The Morgan fingerprint density at radius 3 is 2.52 bits per heavy atom. The molecule has 7 nitrogen and oxygen atoms in total. The first-order valence-electron chi connectivity index (χ1n) is 5.40. The highest BCUT2D eigenvalue weighted by molar-refractivity contribution is 6.42. The van der Waals surface area contributed by atoms with Crippen LogP contribution in [0, 0.1) is 10.1 Å². The van der Waals surface area contributed by atoms with Crippen molar-refractivity contribution in [2.45, 2.75) is 0 Å². The summed E-state index contributed by atoms with van der Waals surface area (Å²) in [5.74, 6) is -1.63. The maximum atomic E-state index is 10.9. The van der Waals surface area contributed by atoms with Gasteiger partial charge in [0.1, 0.15) is 5.75 Å². The third kappa shape index (κ3) is 3.39. The van der Waals surface area contributed by atoms with Crippen LogP contribution in [0.15, 0.2) is 30.3 Å². The number of carboxylic acid groups (broad SMARTS) is 1. The van der Waals surface area contributed by atoms with Crippen molar-refractivity contribution in [3.63, 3.8) is 0 Å². The van der Waals surface area contributed by atoms with Crippen LogP contribution in [0.1, 0.15) is 10.5 Å². The van der Waals surface area contributed by atoms with E-state index >= 15 is 0 Å². The molecule has 0 unspecified atom stereocenters. The van der Waals surface area contributed by atoms with Gasteiger partial charge in [-0.15, -0.1) is 0 Å². The Kier molecular flexibility index (Phi) is 4.25. The Balaban J connectivity index is 2.45. The molecular weight excluding hydrogens is 323 g/mol. The first kappa shape index (κ1) is 15.0. The van der Waals surface area contributed by atoms with Crippen molar-refractivity contribution in [2.24, 2.45) is 0 Å². The number of hydrogen-bond acceptors (Lipinski definition) is 5. The lowest BCUT2D eigenvalue weighted by Crippen LogP contribution is -2.03. The number of carboxylic acids is 1. The highest BCUT2D eigenvalue weighted by atomic mass is 35.5. The van der Waals surface area contributed by atoms with Gasteiger partial charge in [-0.25, -0.2) is 4.79 Å². The summed E-state index contributed by atoms with van der Waals surface area (Å²) in [5, 5.41) is 20.2. The Labute approximate surface area is 127 Å². The summed E-state index contributed by atoms with van der Waals surface area (Å²) < 4.78 is 5.24. The van der Waals surface area contributed by atoms with Gasteiger partial charge < -0.3 is 9.84 Å². The predicted octanol–water partition coefficient (Wildman–Crippen LogP) is 3.79. The predicted molar refractivity (Wildman–Crippen MR) is 74.4 cm³/mol. The largest absolute Gasteiger partial charge is 0.477 e. The van der Waals surface area contributed by atoms with Crippen molar-refractivity contribution >= 4 is 34.9 Å². The van der Waals surface area contributed by atoms with Gasteiger partial charge in [-0.05, 0) is 18.2 Å². The number of benzene rings is 1. The molecule has 108 valence electrons. The molecule has 1 heterocycles. The van der Waals surface area contributed by atoms with Crippen LogP contribution in [-0.2, 0) is 0 Å². The van der Waals surface area contributed by atoms with Gasteiger partial charge in [0.2, 0.25) is 0 Å². The van der Waals surface area contributed by atoms with E-state index in [1.165, 1.54) is 18.2 Å². The molecule has 0 amide bonds. The van der Waals surface area contributed by atoms with Crippen LogP contribution < -0.4 is 4.74 Å². The summed E-state index contributed by atoms with van der Waals surface area (Å²) in [6, 6.07) is 6.22. The second-order valence-electron chi connectivity index (χ2n) is 3.76. The third-order valence-corrected chi connectivity index (χ3v) is 3.10. The molecule has 0 spiro atoms. The standard InChI is InChI=1S/C12H6Cl2N2O5/c13-7-2-1-6(5-8(7)14)21-11-10(16(19)20)4-3-9(15-11)12(17)18/h1-5H,(H,17,18). The molecule has 1 N–H and O–H groups in total. The monoisotopic (exact) mass is 328 g/mol. The average Bonchev–Trinajstić information content (AvgIpc) is 2.42. The van der Waals surface area contributed by atoms with E-state index in [1.54, 1.807) is 0 Å². The van der Waals surface area contributed by atoms with Crippen molar-refractivity contribution in [1.82, 2.24) is 4.98 Å². The number of hydrogen-bond donors (Lipinski definition) is 1. The van der Waals surface area contributed by atoms with Crippen LogP contribution in [0.4, 0.5) is 5.69 Å². The van der Waals surface area contributed by atoms with E-state index in [2.05, 4.69) is 4.98 Å². The number of pyridine rings is 1. The molecule has 0 bridgehead atoms. The number of ether oxygens (including phenoxy) is 1. The van der Waals surface area contributed by atoms with Crippen molar-refractivity contribution in [1.29, 1.82) is 0 Å². The van der Waals surface area contributed by atoms with Crippen molar-refractivity contribution < 1.29 is 19.6 Å². The Morgan fingerprint density at radius 2 is 1.95 bits per heavy atom. The first-order chi connectivity index (χ1) is 9.88.